The number of aromatic nitrogens is 2. The molecule has 6 heteroatoms. The van der Waals surface area contributed by atoms with E-state index >= 15 is 0 Å². The lowest BCUT2D eigenvalue weighted by Crippen LogP contribution is -1.99. The highest BCUT2D eigenvalue weighted by atomic mass is 32.2. The molecule has 0 radical (unpaired) electrons. The smallest absolute Gasteiger partial charge is 0.335 e. The Morgan fingerprint density at radius 3 is 3.00 bits per heavy atom. The van der Waals surface area contributed by atoms with Crippen LogP contribution < -0.4 is 0 Å². The van der Waals surface area contributed by atoms with E-state index in [0.717, 1.165) is 0 Å². The van der Waals surface area contributed by atoms with Gasteiger partial charge in [-0.3, -0.25) is 0 Å². The summed E-state index contributed by atoms with van der Waals surface area (Å²) >= 11 is 1.29. The molecule has 0 unspecified atom stereocenters. The number of carbonyl (C=O) groups is 1. The Kier molecular flexibility index (Phi) is 3.99. The molecule has 1 heterocycles. The molecule has 0 aliphatic heterocycles. The zero-order valence-electron chi connectivity index (χ0n) is 9.41. The molecule has 1 aromatic carbocycles. The van der Waals surface area contributed by atoms with Gasteiger partial charge in [-0.05, 0) is 18.2 Å². The van der Waals surface area contributed by atoms with Crippen LogP contribution in [0.25, 0.3) is 0 Å². The lowest BCUT2D eigenvalue weighted by atomic mass is 10.2. The summed E-state index contributed by atoms with van der Waals surface area (Å²) in [5.41, 5.74) is 0.0986. The number of aromatic carboxylic acids is 1. The van der Waals surface area contributed by atoms with E-state index in [1.807, 2.05) is 10.8 Å². The Labute approximate surface area is 107 Å². The van der Waals surface area contributed by atoms with Crippen molar-refractivity contribution in [2.45, 2.75) is 11.4 Å². The number of halogens is 1. The van der Waals surface area contributed by atoms with Crippen molar-refractivity contribution in [1.82, 2.24) is 9.55 Å². The van der Waals surface area contributed by atoms with Crippen LogP contribution in [0.4, 0.5) is 4.39 Å². The molecule has 1 N–H and O–H groups in total. The van der Waals surface area contributed by atoms with Gasteiger partial charge in [-0.25, -0.2) is 14.2 Å². The third-order valence-corrected chi connectivity index (χ3v) is 3.35. The molecule has 0 fully saturated rings. The lowest BCUT2D eigenvalue weighted by Gasteiger charge is -2.05. The quantitative estimate of drug-likeness (QED) is 0.845. The van der Waals surface area contributed by atoms with Gasteiger partial charge < -0.3 is 9.67 Å². The van der Waals surface area contributed by atoms with Gasteiger partial charge in [0.05, 0.1) is 11.9 Å². The van der Waals surface area contributed by atoms with Gasteiger partial charge in [0.15, 0.2) is 0 Å². The molecule has 0 saturated heterocycles. The normalized spacial score (nSPS) is 10.5. The van der Waals surface area contributed by atoms with Gasteiger partial charge in [0, 0.05) is 29.6 Å². The minimum atomic E-state index is -1.05. The van der Waals surface area contributed by atoms with E-state index in [4.69, 9.17) is 5.11 Å². The largest absolute Gasteiger partial charge is 0.478 e. The Hall–Kier alpha value is -1.82. The van der Waals surface area contributed by atoms with Crippen LogP contribution in [-0.4, -0.2) is 26.4 Å². The predicted octanol–water partition coefficient (Wildman–Crippen LogP) is 2.51. The first-order valence-electron chi connectivity index (χ1n) is 5.28. The molecule has 2 aromatic rings. The van der Waals surface area contributed by atoms with Crippen LogP contribution in [0.1, 0.15) is 10.4 Å². The third-order valence-electron chi connectivity index (χ3n) is 2.34. The fraction of sp³-hybridized carbons (Fsp3) is 0.167. The van der Waals surface area contributed by atoms with Crippen molar-refractivity contribution < 1.29 is 14.3 Å². The van der Waals surface area contributed by atoms with Crippen molar-refractivity contribution in [3.05, 3.63) is 48.3 Å². The van der Waals surface area contributed by atoms with Crippen LogP contribution in [0, 0.1) is 5.82 Å². The van der Waals surface area contributed by atoms with Crippen molar-refractivity contribution >= 4 is 17.7 Å². The van der Waals surface area contributed by atoms with E-state index in [-0.39, 0.29) is 5.56 Å². The van der Waals surface area contributed by atoms with Gasteiger partial charge >= 0.3 is 5.97 Å². The van der Waals surface area contributed by atoms with Crippen LogP contribution in [0.15, 0.2) is 41.8 Å². The van der Waals surface area contributed by atoms with Gasteiger partial charge in [-0.1, -0.05) is 0 Å². The number of hydrogen-bond acceptors (Lipinski definition) is 3. The second-order valence-electron chi connectivity index (χ2n) is 3.60. The highest BCUT2D eigenvalue weighted by Crippen LogP contribution is 2.23. The van der Waals surface area contributed by atoms with Crippen molar-refractivity contribution in [1.29, 1.82) is 0 Å². The number of rotatable bonds is 5. The molecular weight excluding hydrogens is 255 g/mol. The van der Waals surface area contributed by atoms with E-state index in [1.165, 1.54) is 30.0 Å². The van der Waals surface area contributed by atoms with Crippen LogP contribution in [0.5, 0.6) is 0 Å². The summed E-state index contributed by atoms with van der Waals surface area (Å²) in [5, 5.41) is 8.83. The van der Waals surface area contributed by atoms with Crippen LogP contribution in [-0.2, 0) is 6.54 Å². The first-order valence-corrected chi connectivity index (χ1v) is 6.27. The maximum Gasteiger partial charge on any atom is 0.335 e. The number of imidazole rings is 1. The van der Waals surface area contributed by atoms with Gasteiger partial charge in [0.25, 0.3) is 0 Å². The average molecular weight is 266 g/mol. The molecule has 4 nitrogen and oxygen atoms in total. The Balaban J connectivity index is 2.00. The summed E-state index contributed by atoms with van der Waals surface area (Å²) in [7, 11) is 0. The second-order valence-corrected chi connectivity index (χ2v) is 4.74. The zero-order chi connectivity index (χ0) is 13.0. The highest BCUT2D eigenvalue weighted by Gasteiger charge is 2.08. The van der Waals surface area contributed by atoms with E-state index in [0.29, 0.717) is 17.2 Å². The number of benzene rings is 1. The molecule has 0 saturated carbocycles. The Morgan fingerprint density at radius 2 is 2.33 bits per heavy atom. The molecule has 1 aromatic heterocycles. The van der Waals surface area contributed by atoms with Gasteiger partial charge in [-0.15, -0.1) is 11.8 Å². The summed E-state index contributed by atoms with van der Waals surface area (Å²) in [6.45, 7) is 0.696. The molecule has 18 heavy (non-hydrogen) atoms. The molecule has 0 spiro atoms. The van der Waals surface area contributed by atoms with Crippen LogP contribution >= 0.6 is 11.8 Å². The van der Waals surface area contributed by atoms with Crippen LogP contribution in [0.2, 0.25) is 0 Å². The van der Waals surface area contributed by atoms with Crippen LogP contribution in [0.3, 0.4) is 0 Å². The monoisotopic (exact) mass is 266 g/mol. The second kappa shape index (κ2) is 5.68. The number of carboxylic acids is 1. The Bertz CT molecular complexity index is 543. The lowest BCUT2D eigenvalue weighted by molar-refractivity contribution is 0.0696. The first-order chi connectivity index (χ1) is 8.66. The number of thioether (sulfide) groups is 1. The minimum Gasteiger partial charge on any atom is -0.478 e. The van der Waals surface area contributed by atoms with Gasteiger partial charge in [0.2, 0.25) is 0 Å². The third kappa shape index (κ3) is 3.10. The van der Waals surface area contributed by atoms with Gasteiger partial charge in [-0.2, -0.15) is 0 Å². The minimum absolute atomic E-state index is 0.0986. The van der Waals surface area contributed by atoms with Crippen molar-refractivity contribution in [3.8, 4) is 0 Å². The number of hydrogen-bond donors (Lipinski definition) is 1. The fourth-order valence-corrected chi connectivity index (χ4v) is 2.37. The molecular formula is C12H11FN2O2S. The first kappa shape index (κ1) is 12.6. The predicted molar refractivity (Wildman–Crippen MR) is 66.3 cm³/mol. The standard InChI is InChI=1S/C12H11FN2O2S/c13-10-2-1-9(12(16)17)7-11(10)18-6-5-15-4-3-14-8-15/h1-4,7-8H,5-6H2,(H,16,17). The molecule has 0 aliphatic rings. The van der Waals surface area contributed by atoms with E-state index < -0.39 is 11.8 Å². The molecule has 0 bridgehead atoms. The highest BCUT2D eigenvalue weighted by molar-refractivity contribution is 7.99. The summed E-state index contributed by atoms with van der Waals surface area (Å²) in [5.74, 6) is -0.793. The molecule has 0 atom stereocenters. The number of nitrogens with zero attached hydrogens (tertiary/aromatic N) is 2. The number of aryl methyl sites for hydroxylation is 1. The Morgan fingerprint density at radius 1 is 1.50 bits per heavy atom. The summed E-state index contributed by atoms with van der Waals surface area (Å²) < 4.78 is 15.3. The van der Waals surface area contributed by atoms with Crippen molar-refractivity contribution in [3.63, 3.8) is 0 Å². The van der Waals surface area contributed by atoms with E-state index in [1.54, 1.807) is 12.5 Å². The molecule has 94 valence electrons. The molecule has 0 aliphatic carbocycles. The zero-order valence-corrected chi connectivity index (χ0v) is 10.2. The van der Waals surface area contributed by atoms with E-state index in [9.17, 15) is 9.18 Å². The maximum absolute atomic E-state index is 13.5. The summed E-state index contributed by atoms with van der Waals surface area (Å²) in [6, 6.07) is 3.80. The number of carboxylic acid groups (broad SMARTS) is 1. The maximum atomic E-state index is 13.5. The van der Waals surface area contributed by atoms with Gasteiger partial charge in [0.1, 0.15) is 5.82 Å². The molecule has 0 amide bonds. The summed E-state index contributed by atoms with van der Waals surface area (Å²) in [4.78, 5) is 15.0. The summed E-state index contributed by atoms with van der Waals surface area (Å²) in [6.07, 6.45) is 5.19. The SMILES string of the molecule is O=C(O)c1ccc(F)c(SCCn2ccnc2)c1. The topological polar surface area (TPSA) is 55.1 Å². The average Bonchev–Trinajstić information content (AvgIpc) is 2.84. The van der Waals surface area contributed by atoms with Crippen molar-refractivity contribution in [2.24, 2.45) is 0 Å². The molecule has 2 rings (SSSR count). The fourth-order valence-electron chi connectivity index (χ4n) is 1.43. The van der Waals surface area contributed by atoms with Crippen molar-refractivity contribution in [2.75, 3.05) is 5.75 Å². The van der Waals surface area contributed by atoms with E-state index in [2.05, 4.69) is 4.98 Å².